The van der Waals surface area contributed by atoms with E-state index >= 15 is 0 Å². The monoisotopic (exact) mass is 698 g/mol. The van der Waals surface area contributed by atoms with Gasteiger partial charge in [-0.2, -0.15) is 13.7 Å². The molecule has 0 fully saturated rings. The van der Waals surface area contributed by atoms with E-state index in [-0.39, 0.29) is 35.2 Å². The maximum atomic E-state index is 13.7. The molecule has 5 aromatic rings. The van der Waals surface area contributed by atoms with E-state index < -0.39 is 32.5 Å². The number of hydrazone groups is 1. The molecule has 0 aliphatic carbocycles. The van der Waals surface area contributed by atoms with Gasteiger partial charge in [0.25, 0.3) is 5.91 Å². The molecule has 0 saturated carbocycles. The van der Waals surface area contributed by atoms with Crippen LogP contribution >= 0.6 is 0 Å². The van der Waals surface area contributed by atoms with Gasteiger partial charge in [0.15, 0.2) is 0 Å². The van der Waals surface area contributed by atoms with Gasteiger partial charge >= 0.3 is 0 Å². The predicted molar refractivity (Wildman–Crippen MR) is 189 cm³/mol. The second-order valence-electron chi connectivity index (χ2n) is 11.6. The van der Waals surface area contributed by atoms with E-state index in [4.69, 9.17) is 4.42 Å². The molecule has 0 aliphatic rings. The summed E-state index contributed by atoms with van der Waals surface area (Å²) < 4.78 is 62.6. The number of nitrogens with one attached hydrogen (secondary N) is 1. The number of furan rings is 1. The number of amides is 1. The van der Waals surface area contributed by atoms with Crippen LogP contribution in [0.15, 0.2) is 141 Å². The summed E-state index contributed by atoms with van der Waals surface area (Å²) >= 11 is 0. The minimum Gasteiger partial charge on any atom is -0.459 e. The van der Waals surface area contributed by atoms with Gasteiger partial charge in [-0.25, -0.2) is 22.3 Å². The summed E-state index contributed by atoms with van der Waals surface area (Å²) in [6.45, 7) is 3.58. The molecule has 0 saturated heterocycles. The Labute approximate surface area is 287 Å². The van der Waals surface area contributed by atoms with Gasteiger partial charge in [-0.15, -0.1) is 0 Å². The van der Waals surface area contributed by atoms with Gasteiger partial charge in [0.1, 0.15) is 11.5 Å². The lowest BCUT2D eigenvalue weighted by molar-refractivity contribution is -0.121. The normalized spacial score (nSPS) is 12.2. The summed E-state index contributed by atoms with van der Waals surface area (Å²) in [7, 11) is -7.84. The first-order valence-corrected chi connectivity index (χ1v) is 18.5. The molecular formula is C37H38N4O6S2. The van der Waals surface area contributed by atoms with E-state index in [1.54, 1.807) is 54.6 Å². The molecule has 1 amide bonds. The van der Waals surface area contributed by atoms with Crippen LogP contribution in [0, 0.1) is 13.8 Å². The van der Waals surface area contributed by atoms with E-state index in [0.717, 1.165) is 26.6 Å². The van der Waals surface area contributed by atoms with Crippen molar-refractivity contribution in [1.82, 2.24) is 14.0 Å². The second kappa shape index (κ2) is 16.0. The molecule has 5 rings (SSSR count). The van der Waals surface area contributed by atoms with Crippen LogP contribution in [0.25, 0.3) is 0 Å². The van der Waals surface area contributed by atoms with Crippen LogP contribution in [0.3, 0.4) is 0 Å². The van der Waals surface area contributed by atoms with Crippen molar-refractivity contribution in [3.63, 3.8) is 0 Å². The first-order valence-electron chi connectivity index (χ1n) is 15.6. The molecule has 0 bridgehead atoms. The predicted octanol–water partition coefficient (Wildman–Crippen LogP) is 5.67. The number of benzene rings is 4. The number of carbonyl (C=O) groups is 1. The summed E-state index contributed by atoms with van der Waals surface area (Å²) in [5.41, 5.74) is 6.15. The number of nitrogens with zero attached hydrogens (tertiary/aromatic N) is 3. The van der Waals surface area contributed by atoms with Crippen LogP contribution in [-0.4, -0.2) is 50.7 Å². The largest absolute Gasteiger partial charge is 0.459 e. The number of rotatable bonds is 15. The SMILES string of the molecule is Cc1ccc(CN(Cc2ccc(/C=N\NC(=O)CN(CCc3ccccc3)S(=O)(=O)c3ccccc3)o2)S(=O)(=O)c2ccc(C)cc2)cc1. The van der Waals surface area contributed by atoms with Crippen LogP contribution in [0.4, 0.5) is 0 Å². The molecule has 1 N–H and O–H groups in total. The summed E-state index contributed by atoms with van der Waals surface area (Å²) in [6.07, 6.45) is 1.69. The summed E-state index contributed by atoms with van der Waals surface area (Å²) in [6, 6.07) is 35.0. The first kappa shape index (κ1) is 35.4. The third-order valence-corrected chi connectivity index (χ3v) is 11.4. The van der Waals surface area contributed by atoms with Gasteiger partial charge in [0.05, 0.1) is 29.1 Å². The molecule has 0 radical (unpaired) electrons. The number of hydrogen-bond donors (Lipinski definition) is 1. The molecule has 4 aromatic carbocycles. The van der Waals surface area contributed by atoms with E-state index in [1.807, 2.05) is 68.4 Å². The Hall–Kier alpha value is -4.88. The molecule has 0 spiro atoms. The zero-order valence-electron chi connectivity index (χ0n) is 27.3. The fourth-order valence-electron chi connectivity index (χ4n) is 4.99. The maximum absolute atomic E-state index is 13.7. The molecule has 1 heterocycles. The average molecular weight is 699 g/mol. The topological polar surface area (TPSA) is 129 Å². The van der Waals surface area contributed by atoms with Crippen molar-refractivity contribution in [2.75, 3.05) is 13.1 Å². The van der Waals surface area contributed by atoms with Gasteiger partial charge in [-0.05, 0) is 67.8 Å². The van der Waals surface area contributed by atoms with E-state index in [0.29, 0.717) is 12.2 Å². The number of carbonyl (C=O) groups excluding carboxylic acids is 1. The Morgan fingerprint density at radius 3 is 1.90 bits per heavy atom. The van der Waals surface area contributed by atoms with Gasteiger partial charge < -0.3 is 4.42 Å². The Morgan fingerprint density at radius 2 is 1.24 bits per heavy atom. The van der Waals surface area contributed by atoms with E-state index in [1.165, 1.54) is 22.7 Å². The van der Waals surface area contributed by atoms with Gasteiger partial charge in [0, 0.05) is 13.1 Å². The van der Waals surface area contributed by atoms with Crippen molar-refractivity contribution in [1.29, 1.82) is 0 Å². The zero-order valence-corrected chi connectivity index (χ0v) is 28.9. The Bertz CT molecular complexity index is 2080. The van der Waals surface area contributed by atoms with Crippen molar-refractivity contribution >= 4 is 32.2 Å². The summed E-state index contributed by atoms with van der Waals surface area (Å²) in [4.78, 5) is 13.2. The van der Waals surface area contributed by atoms with E-state index in [2.05, 4.69) is 10.5 Å². The highest BCUT2D eigenvalue weighted by atomic mass is 32.2. The molecule has 12 heteroatoms. The van der Waals surface area contributed by atoms with Crippen molar-refractivity contribution in [2.45, 2.75) is 43.1 Å². The third kappa shape index (κ3) is 9.61. The van der Waals surface area contributed by atoms with Crippen molar-refractivity contribution in [2.24, 2.45) is 5.10 Å². The molecule has 0 aliphatic heterocycles. The molecule has 1 aromatic heterocycles. The second-order valence-corrected chi connectivity index (χ2v) is 15.4. The fraction of sp³-hybridized carbons (Fsp3) is 0.189. The van der Waals surface area contributed by atoms with Crippen molar-refractivity contribution in [3.8, 4) is 0 Å². The lowest BCUT2D eigenvalue weighted by atomic mass is 10.1. The van der Waals surface area contributed by atoms with Crippen LogP contribution in [0.1, 0.15) is 33.8 Å². The minimum atomic E-state index is -3.96. The molecule has 49 heavy (non-hydrogen) atoms. The molecule has 10 nitrogen and oxygen atoms in total. The van der Waals surface area contributed by atoms with Crippen LogP contribution < -0.4 is 5.43 Å². The molecular weight excluding hydrogens is 661 g/mol. The first-order chi connectivity index (χ1) is 23.5. The van der Waals surface area contributed by atoms with Gasteiger partial charge in [-0.3, -0.25) is 4.79 Å². The lowest BCUT2D eigenvalue weighted by Crippen LogP contribution is -2.40. The van der Waals surface area contributed by atoms with Gasteiger partial charge in [-0.1, -0.05) is 96.1 Å². The standard InChI is InChI=1S/C37H38N4O6S2/c1-29-13-17-32(18-14-29)26-41(49(45,46)36-21-15-30(2)16-22-36)27-34-20-19-33(47-34)25-38-39-37(42)28-40(24-23-31-9-5-3-6-10-31)48(43,44)35-11-7-4-8-12-35/h3-22,25H,23-24,26-28H2,1-2H3,(H,39,42)/b38-25-. The molecule has 0 atom stereocenters. The lowest BCUT2D eigenvalue weighted by Gasteiger charge is -2.22. The fourth-order valence-corrected chi connectivity index (χ4v) is 7.81. The molecule has 0 unspecified atom stereocenters. The van der Waals surface area contributed by atoms with Crippen LogP contribution in [-0.2, 0) is 44.4 Å². The van der Waals surface area contributed by atoms with Gasteiger partial charge in [0.2, 0.25) is 20.0 Å². The highest BCUT2D eigenvalue weighted by Gasteiger charge is 2.27. The van der Waals surface area contributed by atoms with Crippen LogP contribution in [0.5, 0.6) is 0 Å². The zero-order chi connectivity index (χ0) is 34.9. The Morgan fingerprint density at radius 1 is 0.673 bits per heavy atom. The van der Waals surface area contributed by atoms with Crippen molar-refractivity contribution < 1.29 is 26.0 Å². The summed E-state index contributed by atoms with van der Waals surface area (Å²) in [5, 5.41) is 3.97. The highest BCUT2D eigenvalue weighted by molar-refractivity contribution is 7.89. The minimum absolute atomic E-state index is 0.0436. The number of aryl methyl sites for hydroxylation is 2. The van der Waals surface area contributed by atoms with Crippen LogP contribution in [0.2, 0.25) is 0 Å². The molecule has 254 valence electrons. The summed E-state index contributed by atoms with van der Waals surface area (Å²) in [5.74, 6) is 0.0110. The quantitative estimate of drug-likeness (QED) is 0.111. The highest BCUT2D eigenvalue weighted by Crippen LogP contribution is 2.23. The Balaban J connectivity index is 1.26. The number of hydrogen-bond acceptors (Lipinski definition) is 7. The maximum Gasteiger partial charge on any atom is 0.255 e. The number of sulfonamides is 2. The van der Waals surface area contributed by atoms with Crippen molar-refractivity contribution in [3.05, 3.63) is 155 Å². The average Bonchev–Trinajstić information content (AvgIpc) is 3.55. The smallest absolute Gasteiger partial charge is 0.255 e. The third-order valence-electron chi connectivity index (χ3n) is 7.73. The van der Waals surface area contributed by atoms with E-state index in [9.17, 15) is 21.6 Å². The Kier molecular flexibility index (Phi) is 11.6.